The second-order valence-corrected chi connectivity index (χ2v) is 6.43. The van der Waals surface area contributed by atoms with Crippen molar-refractivity contribution in [2.45, 2.75) is 6.61 Å². The summed E-state index contributed by atoms with van der Waals surface area (Å²) >= 11 is 0. The summed E-state index contributed by atoms with van der Waals surface area (Å²) in [5.41, 5.74) is 4.63. The highest BCUT2D eigenvalue weighted by Gasteiger charge is 2.16. The minimum Gasteiger partial charge on any atom is -0.493 e. The number of amides is 1. The van der Waals surface area contributed by atoms with Crippen LogP contribution in [0.5, 0.6) is 23.0 Å². The van der Waals surface area contributed by atoms with Crippen molar-refractivity contribution in [3.63, 3.8) is 0 Å². The lowest BCUT2D eigenvalue weighted by Crippen LogP contribution is -2.18. The molecule has 0 unspecified atom stereocenters. The van der Waals surface area contributed by atoms with Gasteiger partial charge in [0.1, 0.15) is 12.4 Å². The number of ether oxygens (including phenoxy) is 4. The molecule has 0 atom stereocenters. The fourth-order valence-electron chi connectivity index (χ4n) is 2.89. The molecule has 0 aliphatic carbocycles. The monoisotopic (exact) mass is 420 g/mol. The summed E-state index contributed by atoms with van der Waals surface area (Å²) in [7, 11) is 4.48. The molecule has 0 bridgehead atoms. The summed E-state index contributed by atoms with van der Waals surface area (Å²) in [6.07, 6.45) is 1.54. The van der Waals surface area contributed by atoms with E-state index in [1.165, 1.54) is 27.5 Å². The molecule has 0 aliphatic rings. The van der Waals surface area contributed by atoms with E-state index < -0.39 is 5.91 Å². The van der Waals surface area contributed by atoms with Crippen LogP contribution in [0.1, 0.15) is 21.5 Å². The highest BCUT2D eigenvalue weighted by Crippen LogP contribution is 2.38. The average Bonchev–Trinajstić information content (AvgIpc) is 2.82. The first-order valence-electron chi connectivity index (χ1n) is 9.55. The van der Waals surface area contributed by atoms with Crippen LogP contribution in [0.4, 0.5) is 0 Å². The SMILES string of the molecule is COc1cc(C(=O)NN=Cc2ccccc2OCc2ccccc2)cc(OC)c1OC. The van der Waals surface area contributed by atoms with Gasteiger partial charge >= 0.3 is 0 Å². The predicted molar refractivity (Wildman–Crippen MR) is 118 cm³/mol. The zero-order valence-corrected chi connectivity index (χ0v) is 17.6. The molecule has 0 saturated heterocycles. The Hall–Kier alpha value is -4.00. The van der Waals surface area contributed by atoms with E-state index in [0.29, 0.717) is 35.2 Å². The van der Waals surface area contributed by atoms with Gasteiger partial charge in [-0.05, 0) is 29.8 Å². The molecule has 7 nitrogen and oxygen atoms in total. The zero-order chi connectivity index (χ0) is 22.1. The van der Waals surface area contributed by atoms with Crippen LogP contribution in [0, 0.1) is 0 Å². The molecule has 0 heterocycles. The molecule has 1 N–H and O–H groups in total. The number of para-hydroxylation sites is 1. The van der Waals surface area contributed by atoms with Crippen LogP contribution in [0.15, 0.2) is 71.8 Å². The van der Waals surface area contributed by atoms with Crippen molar-refractivity contribution in [2.75, 3.05) is 21.3 Å². The van der Waals surface area contributed by atoms with Gasteiger partial charge in [0.2, 0.25) is 5.75 Å². The number of hydrazone groups is 1. The van der Waals surface area contributed by atoms with Gasteiger partial charge in [0.05, 0.1) is 27.5 Å². The number of nitrogens with one attached hydrogen (secondary N) is 1. The highest BCUT2D eigenvalue weighted by molar-refractivity contribution is 5.96. The topological polar surface area (TPSA) is 78.4 Å². The lowest BCUT2D eigenvalue weighted by molar-refractivity contribution is 0.0954. The van der Waals surface area contributed by atoms with Gasteiger partial charge in [-0.1, -0.05) is 42.5 Å². The van der Waals surface area contributed by atoms with Crippen LogP contribution in [0.2, 0.25) is 0 Å². The van der Waals surface area contributed by atoms with Gasteiger partial charge < -0.3 is 18.9 Å². The third-order valence-corrected chi connectivity index (χ3v) is 4.45. The summed E-state index contributed by atoms with van der Waals surface area (Å²) in [6, 6.07) is 20.5. The second-order valence-electron chi connectivity index (χ2n) is 6.43. The van der Waals surface area contributed by atoms with E-state index in [1.54, 1.807) is 12.1 Å². The maximum absolute atomic E-state index is 12.6. The minimum absolute atomic E-state index is 0.320. The molecule has 1 amide bonds. The van der Waals surface area contributed by atoms with Crippen LogP contribution < -0.4 is 24.4 Å². The molecule has 0 saturated carbocycles. The molecule has 0 aromatic heterocycles. The molecule has 7 heteroatoms. The molecule has 160 valence electrons. The fraction of sp³-hybridized carbons (Fsp3) is 0.167. The Morgan fingerprint density at radius 1 is 0.871 bits per heavy atom. The maximum Gasteiger partial charge on any atom is 0.271 e. The van der Waals surface area contributed by atoms with Gasteiger partial charge in [-0.2, -0.15) is 5.10 Å². The average molecular weight is 420 g/mol. The lowest BCUT2D eigenvalue weighted by Gasteiger charge is -2.13. The number of nitrogens with zero attached hydrogens (tertiary/aromatic N) is 1. The summed E-state index contributed by atoms with van der Waals surface area (Å²) in [5, 5.41) is 4.07. The Morgan fingerprint density at radius 3 is 2.16 bits per heavy atom. The van der Waals surface area contributed by atoms with Gasteiger partial charge in [0.25, 0.3) is 5.91 Å². The van der Waals surface area contributed by atoms with Gasteiger partial charge in [-0.25, -0.2) is 5.43 Å². The van der Waals surface area contributed by atoms with Crippen LogP contribution in [0.3, 0.4) is 0 Å². The molecular weight excluding hydrogens is 396 g/mol. The zero-order valence-electron chi connectivity index (χ0n) is 17.6. The van der Waals surface area contributed by atoms with E-state index in [4.69, 9.17) is 18.9 Å². The number of carbonyl (C=O) groups excluding carboxylic acids is 1. The molecular formula is C24H24N2O5. The fourth-order valence-corrected chi connectivity index (χ4v) is 2.89. The Kier molecular flexibility index (Phi) is 7.48. The van der Waals surface area contributed by atoms with E-state index in [1.807, 2.05) is 54.6 Å². The van der Waals surface area contributed by atoms with Crippen molar-refractivity contribution < 1.29 is 23.7 Å². The van der Waals surface area contributed by atoms with Crippen molar-refractivity contribution in [1.82, 2.24) is 5.43 Å². The van der Waals surface area contributed by atoms with Crippen LogP contribution >= 0.6 is 0 Å². The Balaban J connectivity index is 1.70. The number of carbonyl (C=O) groups is 1. The van der Waals surface area contributed by atoms with Crippen molar-refractivity contribution in [1.29, 1.82) is 0 Å². The molecule has 3 rings (SSSR count). The molecule has 3 aromatic rings. The van der Waals surface area contributed by atoms with Crippen molar-refractivity contribution >= 4 is 12.1 Å². The van der Waals surface area contributed by atoms with Crippen LogP contribution in [-0.2, 0) is 6.61 Å². The minimum atomic E-state index is -0.418. The van der Waals surface area contributed by atoms with Crippen molar-refractivity contribution in [3.05, 3.63) is 83.4 Å². The van der Waals surface area contributed by atoms with Gasteiger partial charge in [-0.15, -0.1) is 0 Å². The summed E-state index contributed by atoms with van der Waals surface area (Å²) in [5.74, 6) is 1.43. The largest absolute Gasteiger partial charge is 0.493 e. The van der Waals surface area contributed by atoms with E-state index >= 15 is 0 Å². The lowest BCUT2D eigenvalue weighted by atomic mass is 10.1. The third kappa shape index (κ3) is 5.54. The highest BCUT2D eigenvalue weighted by atomic mass is 16.5. The molecule has 0 aliphatic heterocycles. The number of methoxy groups -OCH3 is 3. The first-order chi connectivity index (χ1) is 15.2. The molecule has 0 fully saturated rings. The smallest absolute Gasteiger partial charge is 0.271 e. The first-order valence-corrected chi connectivity index (χ1v) is 9.55. The quantitative estimate of drug-likeness (QED) is 0.417. The third-order valence-electron chi connectivity index (χ3n) is 4.45. The standard InChI is InChI=1S/C24H24N2O5/c1-28-21-13-19(14-22(29-2)23(21)30-3)24(27)26-25-15-18-11-7-8-12-20(18)31-16-17-9-5-4-6-10-17/h4-15H,16H2,1-3H3,(H,26,27). The number of hydrogen-bond donors (Lipinski definition) is 1. The summed E-state index contributed by atoms with van der Waals surface area (Å²) in [6.45, 7) is 0.434. The summed E-state index contributed by atoms with van der Waals surface area (Å²) in [4.78, 5) is 12.6. The molecule has 3 aromatic carbocycles. The Labute approximate surface area is 181 Å². The number of rotatable bonds is 9. The normalized spacial score (nSPS) is 10.5. The van der Waals surface area contributed by atoms with Gasteiger partial charge in [0.15, 0.2) is 11.5 Å². The number of hydrogen-bond acceptors (Lipinski definition) is 6. The van der Waals surface area contributed by atoms with E-state index in [2.05, 4.69) is 10.5 Å². The number of benzene rings is 3. The van der Waals surface area contributed by atoms with Crippen LogP contribution in [0.25, 0.3) is 0 Å². The van der Waals surface area contributed by atoms with Crippen molar-refractivity contribution in [2.24, 2.45) is 5.10 Å². The van der Waals surface area contributed by atoms with Crippen LogP contribution in [-0.4, -0.2) is 33.5 Å². The predicted octanol–water partition coefficient (Wildman–Crippen LogP) is 4.06. The molecule has 31 heavy (non-hydrogen) atoms. The Morgan fingerprint density at radius 2 is 1.52 bits per heavy atom. The van der Waals surface area contributed by atoms with Gasteiger partial charge in [-0.3, -0.25) is 4.79 Å². The van der Waals surface area contributed by atoms with Crippen molar-refractivity contribution in [3.8, 4) is 23.0 Å². The van der Waals surface area contributed by atoms with E-state index in [9.17, 15) is 4.79 Å². The molecule has 0 spiro atoms. The first kappa shape index (κ1) is 21.7. The van der Waals surface area contributed by atoms with Gasteiger partial charge in [0, 0.05) is 11.1 Å². The second kappa shape index (κ2) is 10.7. The van der Waals surface area contributed by atoms with E-state index in [0.717, 1.165) is 11.1 Å². The Bertz CT molecular complexity index is 1030. The maximum atomic E-state index is 12.6. The molecule has 0 radical (unpaired) electrons. The summed E-state index contributed by atoms with van der Waals surface area (Å²) < 4.78 is 21.7. The van der Waals surface area contributed by atoms with E-state index in [-0.39, 0.29) is 0 Å².